The minimum Gasteiger partial charge on any atom is -0.396 e. The van der Waals surface area contributed by atoms with E-state index in [2.05, 4.69) is 15.3 Å². The Hall–Kier alpha value is -2.66. The van der Waals surface area contributed by atoms with Crippen LogP contribution in [0.3, 0.4) is 0 Å². The van der Waals surface area contributed by atoms with Crippen molar-refractivity contribution >= 4 is 22.4 Å². The van der Waals surface area contributed by atoms with Gasteiger partial charge >= 0.3 is 0 Å². The van der Waals surface area contributed by atoms with Crippen molar-refractivity contribution in [1.82, 2.24) is 9.97 Å². The number of nitrogens with one attached hydrogen (secondary N) is 2. The second-order valence-electron chi connectivity index (χ2n) is 5.10. The molecule has 0 atom stereocenters. The molecule has 22 heavy (non-hydrogen) atoms. The van der Waals surface area contributed by atoms with Crippen LogP contribution in [0.1, 0.15) is 11.3 Å². The highest BCUT2D eigenvalue weighted by molar-refractivity contribution is 5.94. The lowest BCUT2D eigenvalue weighted by molar-refractivity contribution is 0.298. The van der Waals surface area contributed by atoms with Gasteiger partial charge in [0.1, 0.15) is 0 Å². The van der Waals surface area contributed by atoms with Crippen molar-refractivity contribution in [3.05, 3.63) is 64.1 Å². The summed E-state index contributed by atoms with van der Waals surface area (Å²) in [5.74, 6) is 0.403. The van der Waals surface area contributed by atoms with Crippen molar-refractivity contribution in [2.45, 2.75) is 13.3 Å². The van der Waals surface area contributed by atoms with Crippen molar-refractivity contribution in [2.75, 3.05) is 11.9 Å². The summed E-state index contributed by atoms with van der Waals surface area (Å²) in [5, 5.41) is 14.3. The van der Waals surface area contributed by atoms with Crippen LogP contribution in [-0.2, 0) is 6.42 Å². The maximum absolute atomic E-state index is 12.1. The largest absolute Gasteiger partial charge is 0.396 e. The maximum Gasteiger partial charge on any atom is 0.255 e. The third kappa shape index (κ3) is 2.71. The van der Waals surface area contributed by atoms with E-state index in [1.165, 1.54) is 0 Å². The number of aliphatic hydroxyl groups is 1. The van der Waals surface area contributed by atoms with Crippen molar-refractivity contribution < 1.29 is 5.11 Å². The van der Waals surface area contributed by atoms with E-state index in [4.69, 9.17) is 5.11 Å². The van der Waals surface area contributed by atoms with Gasteiger partial charge in [-0.1, -0.05) is 36.4 Å². The van der Waals surface area contributed by atoms with Gasteiger partial charge in [0.05, 0.1) is 5.69 Å². The van der Waals surface area contributed by atoms with Gasteiger partial charge in [0.25, 0.3) is 5.56 Å². The molecule has 5 heteroatoms. The third-order valence-electron chi connectivity index (χ3n) is 3.63. The number of benzene rings is 2. The van der Waals surface area contributed by atoms with Gasteiger partial charge in [-0.05, 0) is 18.4 Å². The van der Waals surface area contributed by atoms with Gasteiger partial charge in [0.2, 0.25) is 5.95 Å². The van der Waals surface area contributed by atoms with Gasteiger partial charge < -0.3 is 10.4 Å². The molecule has 0 saturated carbocycles. The molecule has 0 amide bonds. The minimum atomic E-state index is -0.218. The summed E-state index contributed by atoms with van der Waals surface area (Å²) in [6, 6.07) is 13.9. The Bertz CT molecular complexity index is 866. The van der Waals surface area contributed by atoms with E-state index in [0.717, 1.165) is 16.5 Å². The Morgan fingerprint density at radius 3 is 2.73 bits per heavy atom. The number of aromatic amines is 1. The molecule has 0 fully saturated rings. The van der Waals surface area contributed by atoms with Gasteiger partial charge in [-0.15, -0.1) is 0 Å². The molecule has 2 aromatic carbocycles. The molecule has 0 aliphatic rings. The van der Waals surface area contributed by atoms with Crippen LogP contribution in [0.15, 0.2) is 47.3 Å². The molecule has 0 spiro atoms. The third-order valence-corrected chi connectivity index (χ3v) is 3.63. The zero-order valence-corrected chi connectivity index (χ0v) is 12.3. The molecule has 112 valence electrons. The first-order chi connectivity index (χ1) is 10.7. The number of hydrogen-bond donors (Lipinski definition) is 3. The summed E-state index contributed by atoms with van der Waals surface area (Å²) < 4.78 is 0. The molecule has 0 aliphatic carbocycles. The van der Waals surface area contributed by atoms with Crippen LogP contribution in [0.25, 0.3) is 10.8 Å². The number of hydrogen-bond acceptors (Lipinski definition) is 4. The van der Waals surface area contributed by atoms with Crippen molar-refractivity contribution in [3.8, 4) is 0 Å². The van der Waals surface area contributed by atoms with Crippen LogP contribution in [0.2, 0.25) is 0 Å². The highest BCUT2D eigenvalue weighted by atomic mass is 16.3. The standard InChI is InChI=1S/C17H17N3O2/c1-11-13(9-10-21)16(22)20-17(18-11)19-15-8-4-6-12-5-2-3-7-14(12)15/h2-8,21H,9-10H2,1H3,(H2,18,19,20,22). The van der Waals surface area contributed by atoms with E-state index >= 15 is 0 Å². The number of aliphatic hydroxyl groups excluding tert-OH is 1. The summed E-state index contributed by atoms with van der Waals surface area (Å²) in [6.45, 7) is 1.70. The van der Waals surface area contributed by atoms with E-state index in [1.807, 2.05) is 42.5 Å². The Kier molecular flexibility index (Phi) is 3.89. The zero-order chi connectivity index (χ0) is 15.5. The van der Waals surface area contributed by atoms with E-state index in [1.54, 1.807) is 6.92 Å². The van der Waals surface area contributed by atoms with E-state index in [0.29, 0.717) is 23.6 Å². The fourth-order valence-electron chi connectivity index (χ4n) is 2.54. The highest BCUT2D eigenvalue weighted by Gasteiger charge is 2.08. The second-order valence-corrected chi connectivity index (χ2v) is 5.10. The summed E-state index contributed by atoms with van der Waals surface area (Å²) in [6.07, 6.45) is 0.308. The van der Waals surface area contributed by atoms with Crippen molar-refractivity contribution in [1.29, 1.82) is 0 Å². The summed E-state index contributed by atoms with van der Waals surface area (Å²) in [5.41, 5.74) is 1.81. The molecule has 3 rings (SSSR count). The fraction of sp³-hybridized carbons (Fsp3) is 0.176. The van der Waals surface area contributed by atoms with Gasteiger partial charge in [-0.3, -0.25) is 9.78 Å². The molecular formula is C17H17N3O2. The van der Waals surface area contributed by atoms with Crippen LogP contribution in [-0.4, -0.2) is 21.7 Å². The molecule has 3 aromatic rings. The average molecular weight is 295 g/mol. The number of H-pyrrole nitrogens is 1. The number of nitrogens with zero attached hydrogens (tertiary/aromatic N) is 1. The molecule has 0 radical (unpaired) electrons. The summed E-state index contributed by atoms with van der Waals surface area (Å²) in [4.78, 5) is 19.2. The van der Waals surface area contributed by atoms with Crippen molar-refractivity contribution in [2.24, 2.45) is 0 Å². The average Bonchev–Trinajstić information content (AvgIpc) is 2.51. The zero-order valence-electron chi connectivity index (χ0n) is 12.3. The molecule has 3 N–H and O–H groups in total. The van der Waals surface area contributed by atoms with Crippen molar-refractivity contribution in [3.63, 3.8) is 0 Å². The fourth-order valence-corrected chi connectivity index (χ4v) is 2.54. The lowest BCUT2D eigenvalue weighted by Crippen LogP contribution is -2.19. The van der Waals surface area contributed by atoms with Crippen LogP contribution in [0, 0.1) is 6.92 Å². The smallest absolute Gasteiger partial charge is 0.255 e. The first-order valence-corrected chi connectivity index (χ1v) is 7.14. The lowest BCUT2D eigenvalue weighted by Gasteiger charge is -2.10. The first-order valence-electron chi connectivity index (χ1n) is 7.14. The number of rotatable bonds is 4. The molecule has 5 nitrogen and oxygen atoms in total. The Labute approximate surface area is 127 Å². The number of aromatic nitrogens is 2. The number of anilines is 2. The first kappa shape index (κ1) is 14.3. The Morgan fingerprint density at radius 1 is 1.18 bits per heavy atom. The van der Waals surface area contributed by atoms with Gasteiger partial charge in [-0.2, -0.15) is 0 Å². The predicted molar refractivity (Wildman–Crippen MR) is 87.6 cm³/mol. The van der Waals surface area contributed by atoms with Crippen LogP contribution in [0.5, 0.6) is 0 Å². The Balaban J connectivity index is 2.01. The lowest BCUT2D eigenvalue weighted by atomic mass is 10.1. The highest BCUT2D eigenvalue weighted by Crippen LogP contribution is 2.24. The van der Waals surface area contributed by atoms with Crippen LogP contribution < -0.4 is 10.9 Å². The molecule has 0 aliphatic heterocycles. The summed E-state index contributed by atoms with van der Waals surface area (Å²) in [7, 11) is 0. The SMILES string of the molecule is Cc1nc(Nc2cccc3ccccc23)[nH]c(=O)c1CCO. The molecule has 1 aromatic heterocycles. The van der Waals surface area contributed by atoms with E-state index in [9.17, 15) is 4.79 Å². The second kappa shape index (κ2) is 5.99. The normalized spacial score (nSPS) is 10.8. The topological polar surface area (TPSA) is 78.0 Å². The summed E-state index contributed by atoms with van der Waals surface area (Å²) >= 11 is 0. The monoisotopic (exact) mass is 295 g/mol. The molecular weight excluding hydrogens is 278 g/mol. The number of aryl methyl sites for hydroxylation is 1. The van der Waals surface area contributed by atoms with E-state index in [-0.39, 0.29) is 12.2 Å². The molecule has 0 unspecified atom stereocenters. The number of fused-ring (bicyclic) bond motifs is 1. The van der Waals surface area contributed by atoms with Crippen LogP contribution in [0.4, 0.5) is 11.6 Å². The van der Waals surface area contributed by atoms with E-state index < -0.39 is 0 Å². The van der Waals surface area contributed by atoms with Gasteiger partial charge in [0.15, 0.2) is 0 Å². The van der Waals surface area contributed by atoms with Gasteiger partial charge in [0, 0.05) is 29.7 Å². The maximum atomic E-state index is 12.1. The molecule has 0 bridgehead atoms. The van der Waals surface area contributed by atoms with Crippen LogP contribution >= 0.6 is 0 Å². The molecule has 1 heterocycles. The minimum absolute atomic E-state index is 0.0678. The predicted octanol–water partition coefficient (Wildman–Crippen LogP) is 2.51. The quantitative estimate of drug-likeness (QED) is 0.691. The molecule has 0 saturated heterocycles. The van der Waals surface area contributed by atoms with Gasteiger partial charge in [-0.25, -0.2) is 4.98 Å². The Morgan fingerprint density at radius 2 is 1.95 bits per heavy atom.